The molecule has 0 saturated carbocycles. The maximum absolute atomic E-state index is 12.1. The van der Waals surface area contributed by atoms with E-state index < -0.39 is 10.0 Å². The lowest BCUT2D eigenvalue weighted by atomic mass is 10.3. The van der Waals surface area contributed by atoms with Crippen molar-refractivity contribution in [1.29, 1.82) is 0 Å². The number of ether oxygens (including phenoxy) is 2. The third-order valence-corrected chi connectivity index (χ3v) is 5.15. The number of benzene rings is 2. The van der Waals surface area contributed by atoms with Crippen LogP contribution in [0.2, 0.25) is 0 Å². The highest BCUT2D eigenvalue weighted by molar-refractivity contribution is 7.89. The fourth-order valence-electron chi connectivity index (χ4n) is 2.25. The van der Waals surface area contributed by atoms with Crippen molar-refractivity contribution < 1.29 is 22.7 Å². The minimum atomic E-state index is -3.61. The third-order valence-electron chi connectivity index (χ3n) is 3.67. The van der Waals surface area contributed by atoms with Gasteiger partial charge in [-0.15, -0.1) is 0 Å². The quantitative estimate of drug-likeness (QED) is 0.570. The second kappa shape index (κ2) is 10.5. The fraction of sp³-hybridized carbons (Fsp3) is 0.316. The molecule has 8 heteroatoms. The van der Waals surface area contributed by atoms with Gasteiger partial charge < -0.3 is 14.8 Å². The van der Waals surface area contributed by atoms with Crippen LogP contribution in [-0.4, -0.2) is 41.1 Å². The maximum atomic E-state index is 12.1. The van der Waals surface area contributed by atoms with Crippen LogP contribution in [0.15, 0.2) is 59.5 Å². The molecule has 27 heavy (non-hydrogen) atoms. The number of hydrogen-bond acceptors (Lipinski definition) is 5. The molecule has 0 aliphatic rings. The second-order valence-electron chi connectivity index (χ2n) is 5.69. The summed E-state index contributed by atoms with van der Waals surface area (Å²) in [5, 5.41) is 2.68. The Bertz CT molecular complexity index is 808. The van der Waals surface area contributed by atoms with Crippen LogP contribution >= 0.6 is 0 Å². The lowest BCUT2D eigenvalue weighted by molar-refractivity contribution is -0.121. The summed E-state index contributed by atoms with van der Waals surface area (Å²) >= 11 is 0. The molecule has 7 nitrogen and oxygen atoms in total. The maximum Gasteiger partial charge on any atom is 0.240 e. The molecule has 1 amide bonds. The van der Waals surface area contributed by atoms with Gasteiger partial charge in [0.25, 0.3) is 0 Å². The van der Waals surface area contributed by atoms with Crippen molar-refractivity contribution in [2.75, 3.05) is 26.8 Å². The minimum Gasteiger partial charge on any atom is -0.497 e. The van der Waals surface area contributed by atoms with Gasteiger partial charge in [-0.05, 0) is 42.8 Å². The molecule has 0 saturated heterocycles. The SMILES string of the molecule is COc1ccc(S(=O)(=O)NCCNC(=O)CCCOc2ccccc2)cc1. The zero-order valence-electron chi connectivity index (χ0n) is 15.2. The van der Waals surface area contributed by atoms with Crippen molar-refractivity contribution in [3.8, 4) is 11.5 Å². The topological polar surface area (TPSA) is 93.7 Å². The molecule has 0 aromatic heterocycles. The molecule has 0 unspecified atom stereocenters. The molecule has 0 radical (unpaired) electrons. The zero-order chi connectivity index (χ0) is 19.5. The third kappa shape index (κ3) is 7.28. The Morgan fingerprint density at radius 3 is 2.33 bits per heavy atom. The Morgan fingerprint density at radius 1 is 0.963 bits per heavy atom. The predicted molar refractivity (Wildman–Crippen MR) is 102 cm³/mol. The van der Waals surface area contributed by atoms with E-state index in [0.29, 0.717) is 25.2 Å². The van der Waals surface area contributed by atoms with E-state index in [1.165, 1.54) is 19.2 Å². The molecule has 0 atom stereocenters. The van der Waals surface area contributed by atoms with Gasteiger partial charge in [0.2, 0.25) is 15.9 Å². The molecular weight excluding hydrogens is 368 g/mol. The van der Waals surface area contributed by atoms with E-state index in [0.717, 1.165) is 5.75 Å². The van der Waals surface area contributed by atoms with Crippen LogP contribution in [0.4, 0.5) is 0 Å². The Morgan fingerprint density at radius 2 is 1.67 bits per heavy atom. The first-order chi connectivity index (χ1) is 13.0. The molecule has 2 aromatic rings. The molecular formula is C19H24N2O5S. The van der Waals surface area contributed by atoms with Gasteiger partial charge in [-0.1, -0.05) is 18.2 Å². The van der Waals surface area contributed by atoms with Gasteiger partial charge in [-0.2, -0.15) is 0 Å². The molecule has 2 rings (SSSR count). The molecule has 2 N–H and O–H groups in total. The average molecular weight is 392 g/mol. The summed E-state index contributed by atoms with van der Waals surface area (Å²) < 4.78 is 37.2. The molecule has 0 fully saturated rings. The van der Waals surface area contributed by atoms with Crippen LogP contribution in [0.5, 0.6) is 11.5 Å². The molecule has 0 aliphatic heterocycles. The number of amides is 1. The standard InChI is InChI=1S/C19H24N2O5S/c1-25-16-9-11-18(12-10-16)27(23,24)21-14-13-20-19(22)8-5-15-26-17-6-3-2-4-7-17/h2-4,6-7,9-12,21H,5,8,13-15H2,1H3,(H,20,22). The molecule has 0 spiro atoms. The Labute approximate surface area is 159 Å². The van der Waals surface area contributed by atoms with Crippen molar-refractivity contribution in [1.82, 2.24) is 10.0 Å². The van der Waals surface area contributed by atoms with Gasteiger partial charge in [-0.3, -0.25) is 4.79 Å². The predicted octanol–water partition coefficient (Wildman–Crippen LogP) is 1.95. The summed E-state index contributed by atoms with van der Waals surface area (Å²) in [7, 11) is -2.10. The Balaban J connectivity index is 1.61. The van der Waals surface area contributed by atoms with Gasteiger partial charge in [0.15, 0.2) is 0 Å². The lowest BCUT2D eigenvalue weighted by Crippen LogP contribution is -2.34. The van der Waals surface area contributed by atoms with Gasteiger partial charge >= 0.3 is 0 Å². The van der Waals surface area contributed by atoms with Crippen molar-refractivity contribution in [3.63, 3.8) is 0 Å². The smallest absolute Gasteiger partial charge is 0.240 e. The summed E-state index contributed by atoms with van der Waals surface area (Å²) in [4.78, 5) is 11.9. The van der Waals surface area contributed by atoms with Crippen LogP contribution in [0, 0.1) is 0 Å². The fourth-order valence-corrected chi connectivity index (χ4v) is 3.29. The number of para-hydroxylation sites is 1. The zero-order valence-corrected chi connectivity index (χ0v) is 16.0. The summed E-state index contributed by atoms with van der Waals surface area (Å²) in [6.45, 7) is 0.774. The molecule has 0 bridgehead atoms. The first-order valence-corrected chi connectivity index (χ1v) is 10.1. The summed E-state index contributed by atoms with van der Waals surface area (Å²) in [6.07, 6.45) is 0.899. The largest absolute Gasteiger partial charge is 0.497 e. The van der Waals surface area contributed by atoms with E-state index in [2.05, 4.69) is 10.0 Å². The van der Waals surface area contributed by atoms with E-state index in [1.54, 1.807) is 12.1 Å². The normalized spacial score (nSPS) is 11.0. The van der Waals surface area contributed by atoms with E-state index in [1.807, 2.05) is 30.3 Å². The highest BCUT2D eigenvalue weighted by atomic mass is 32.2. The molecule has 0 aliphatic carbocycles. The van der Waals surface area contributed by atoms with Gasteiger partial charge in [-0.25, -0.2) is 13.1 Å². The number of carbonyl (C=O) groups is 1. The van der Waals surface area contributed by atoms with Crippen LogP contribution in [0.3, 0.4) is 0 Å². The van der Waals surface area contributed by atoms with E-state index in [4.69, 9.17) is 9.47 Å². The number of rotatable bonds is 11. The summed E-state index contributed by atoms with van der Waals surface area (Å²) in [5.41, 5.74) is 0. The minimum absolute atomic E-state index is 0.112. The molecule has 0 heterocycles. The van der Waals surface area contributed by atoms with Crippen molar-refractivity contribution in [2.24, 2.45) is 0 Å². The average Bonchev–Trinajstić information content (AvgIpc) is 2.69. The second-order valence-corrected chi connectivity index (χ2v) is 7.46. The first kappa shape index (κ1) is 20.7. The van der Waals surface area contributed by atoms with E-state index in [-0.39, 0.29) is 23.9 Å². The van der Waals surface area contributed by atoms with Crippen LogP contribution in [0.1, 0.15) is 12.8 Å². The summed E-state index contributed by atoms with van der Waals surface area (Å²) in [5.74, 6) is 1.21. The van der Waals surface area contributed by atoms with Gasteiger partial charge in [0, 0.05) is 19.5 Å². The van der Waals surface area contributed by atoms with Crippen molar-refractivity contribution in [3.05, 3.63) is 54.6 Å². The van der Waals surface area contributed by atoms with Crippen LogP contribution < -0.4 is 19.5 Å². The van der Waals surface area contributed by atoms with Crippen LogP contribution in [-0.2, 0) is 14.8 Å². The van der Waals surface area contributed by atoms with E-state index >= 15 is 0 Å². The van der Waals surface area contributed by atoms with Crippen LogP contribution in [0.25, 0.3) is 0 Å². The number of carbonyl (C=O) groups excluding carboxylic acids is 1. The summed E-state index contributed by atoms with van der Waals surface area (Å²) in [6, 6.07) is 15.5. The molecule has 2 aromatic carbocycles. The Kier molecular flexibility index (Phi) is 8.09. The van der Waals surface area contributed by atoms with E-state index in [9.17, 15) is 13.2 Å². The number of nitrogens with one attached hydrogen (secondary N) is 2. The highest BCUT2D eigenvalue weighted by Crippen LogP contribution is 2.15. The number of hydrogen-bond donors (Lipinski definition) is 2. The van der Waals surface area contributed by atoms with Gasteiger partial charge in [0.1, 0.15) is 11.5 Å². The lowest BCUT2D eigenvalue weighted by Gasteiger charge is -2.09. The number of sulfonamides is 1. The molecule has 146 valence electrons. The van der Waals surface area contributed by atoms with Crippen molar-refractivity contribution in [2.45, 2.75) is 17.7 Å². The van der Waals surface area contributed by atoms with Crippen molar-refractivity contribution >= 4 is 15.9 Å². The number of methoxy groups -OCH3 is 1. The monoisotopic (exact) mass is 392 g/mol. The highest BCUT2D eigenvalue weighted by Gasteiger charge is 2.13. The van der Waals surface area contributed by atoms with Gasteiger partial charge in [0.05, 0.1) is 18.6 Å². The Hall–Kier alpha value is -2.58. The first-order valence-electron chi connectivity index (χ1n) is 8.59.